The molecule has 1 aliphatic rings. The molecule has 1 aliphatic heterocycles. The Kier molecular flexibility index (Phi) is 5.97. The number of nitrogens with zero attached hydrogens (tertiary/aromatic N) is 5. The van der Waals surface area contributed by atoms with Crippen LogP contribution in [0.3, 0.4) is 0 Å². The summed E-state index contributed by atoms with van der Waals surface area (Å²) in [7, 11) is 6.22. The Morgan fingerprint density at radius 3 is 2.55 bits per heavy atom. The highest BCUT2D eigenvalue weighted by molar-refractivity contribution is 5.47. The molecule has 0 amide bonds. The zero-order valence-corrected chi connectivity index (χ0v) is 14.6. The van der Waals surface area contributed by atoms with Gasteiger partial charge in [-0.25, -0.2) is 4.98 Å². The van der Waals surface area contributed by atoms with Gasteiger partial charge in [-0.2, -0.15) is 4.98 Å². The molecule has 0 radical (unpaired) electrons. The summed E-state index contributed by atoms with van der Waals surface area (Å²) < 4.78 is 0. The zero-order chi connectivity index (χ0) is 16.1. The van der Waals surface area contributed by atoms with Gasteiger partial charge in [-0.05, 0) is 20.4 Å². The van der Waals surface area contributed by atoms with E-state index < -0.39 is 0 Å². The highest BCUT2D eigenvalue weighted by atomic mass is 15.3. The third-order valence-electron chi connectivity index (χ3n) is 4.39. The number of hydrogen-bond donors (Lipinski definition) is 1. The fourth-order valence-corrected chi connectivity index (χ4v) is 2.90. The fraction of sp³-hybridized carbons (Fsp3) is 0.750. The first-order chi connectivity index (χ1) is 10.5. The van der Waals surface area contributed by atoms with Gasteiger partial charge < -0.3 is 15.1 Å². The highest BCUT2D eigenvalue weighted by Crippen LogP contribution is 2.16. The van der Waals surface area contributed by atoms with Crippen molar-refractivity contribution in [3.8, 4) is 0 Å². The lowest BCUT2D eigenvalue weighted by Crippen LogP contribution is -2.50. The Morgan fingerprint density at radius 2 is 1.95 bits per heavy atom. The zero-order valence-electron chi connectivity index (χ0n) is 14.6. The molecular formula is C16H30N6. The second kappa shape index (κ2) is 7.74. The average Bonchev–Trinajstić information content (AvgIpc) is 2.50. The van der Waals surface area contributed by atoms with Crippen LogP contribution in [0.1, 0.15) is 18.9 Å². The van der Waals surface area contributed by atoms with Crippen molar-refractivity contribution >= 4 is 11.8 Å². The first-order valence-corrected chi connectivity index (χ1v) is 8.18. The van der Waals surface area contributed by atoms with Crippen LogP contribution in [0.5, 0.6) is 0 Å². The van der Waals surface area contributed by atoms with Crippen LogP contribution in [0, 0.1) is 6.92 Å². The van der Waals surface area contributed by atoms with E-state index in [9.17, 15) is 0 Å². The minimum atomic E-state index is 0.543. The van der Waals surface area contributed by atoms with Gasteiger partial charge in [0.05, 0.1) is 0 Å². The van der Waals surface area contributed by atoms with E-state index in [2.05, 4.69) is 39.1 Å². The lowest BCUT2D eigenvalue weighted by atomic mass is 10.1. The van der Waals surface area contributed by atoms with Gasteiger partial charge in [-0.15, -0.1) is 0 Å². The molecule has 22 heavy (non-hydrogen) atoms. The number of hydrogen-bond acceptors (Lipinski definition) is 6. The first-order valence-electron chi connectivity index (χ1n) is 8.18. The molecule has 0 spiro atoms. The summed E-state index contributed by atoms with van der Waals surface area (Å²) in [6.07, 6.45) is 3.03. The summed E-state index contributed by atoms with van der Waals surface area (Å²) in [5, 5.41) is 3.42. The molecule has 1 aromatic rings. The molecule has 0 saturated carbocycles. The van der Waals surface area contributed by atoms with Gasteiger partial charge in [0.1, 0.15) is 5.82 Å². The molecule has 124 valence electrons. The number of rotatable bonds is 6. The van der Waals surface area contributed by atoms with Crippen LogP contribution < -0.4 is 10.2 Å². The quantitative estimate of drug-likeness (QED) is 0.854. The van der Waals surface area contributed by atoms with E-state index >= 15 is 0 Å². The molecule has 1 atom stereocenters. The molecule has 0 bridgehead atoms. The van der Waals surface area contributed by atoms with E-state index in [1.807, 2.05) is 32.1 Å². The van der Waals surface area contributed by atoms with E-state index in [0.29, 0.717) is 6.04 Å². The molecule has 1 fully saturated rings. The third-order valence-corrected chi connectivity index (χ3v) is 4.39. The van der Waals surface area contributed by atoms with Gasteiger partial charge in [-0.3, -0.25) is 4.90 Å². The van der Waals surface area contributed by atoms with Gasteiger partial charge >= 0.3 is 0 Å². The first kappa shape index (κ1) is 17.0. The van der Waals surface area contributed by atoms with Crippen LogP contribution in [0.15, 0.2) is 6.20 Å². The van der Waals surface area contributed by atoms with E-state index in [4.69, 9.17) is 0 Å². The summed E-state index contributed by atoms with van der Waals surface area (Å²) >= 11 is 0. The van der Waals surface area contributed by atoms with E-state index in [1.54, 1.807) is 0 Å². The van der Waals surface area contributed by atoms with Gasteiger partial charge in [0, 0.05) is 64.6 Å². The lowest BCUT2D eigenvalue weighted by Gasteiger charge is -2.37. The van der Waals surface area contributed by atoms with Gasteiger partial charge in [0.15, 0.2) is 0 Å². The Hall–Kier alpha value is -1.40. The Morgan fingerprint density at radius 1 is 1.27 bits per heavy atom. The Labute approximate surface area is 134 Å². The second-order valence-corrected chi connectivity index (χ2v) is 6.38. The third kappa shape index (κ3) is 4.30. The average molecular weight is 306 g/mol. The molecule has 1 N–H and O–H groups in total. The second-order valence-electron chi connectivity index (χ2n) is 6.38. The van der Waals surface area contributed by atoms with Gasteiger partial charge in [0.2, 0.25) is 5.95 Å². The smallest absolute Gasteiger partial charge is 0.224 e. The summed E-state index contributed by atoms with van der Waals surface area (Å²) in [6.45, 7) is 9.80. The van der Waals surface area contributed by atoms with Crippen LogP contribution in [0.4, 0.5) is 11.8 Å². The summed E-state index contributed by atoms with van der Waals surface area (Å²) in [5.41, 5.74) is 1.10. The minimum absolute atomic E-state index is 0.543. The predicted octanol–water partition coefficient (Wildman–Crippen LogP) is 1.29. The number of piperazine rings is 1. The number of anilines is 2. The van der Waals surface area contributed by atoms with Crippen LogP contribution in [-0.4, -0.2) is 79.7 Å². The summed E-state index contributed by atoms with van der Waals surface area (Å²) in [6, 6.07) is 0.543. The van der Waals surface area contributed by atoms with Crippen LogP contribution >= 0.6 is 0 Å². The van der Waals surface area contributed by atoms with Crippen molar-refractivity contribution in [2.45, 2.75) is 26.3 Å². The van der Waals surface area contributed by atoms with Crippen molar-refractivity contribution < 1.29 is 0 Å². The van der Waals surface area contributed by atoms with E-state index in [-0.39, 0.29) is 0 Å². The van der Waals surface area contributed by atoms with Gasteiger partial charge in [0.25, 0.3) is 0 Å². The topological polar surface area (TPSA) is 47.5 Å². The Bertz CT molecular complexity index is 468. The van der Waals surface area contributed by atoms with E-state index in [0.717, 1.165) is 56.5 Å². The maximum Gasteiger partial charge on any atom is 0.224 e. The highest BCUT2D eigenvalue weighted by Gasteiger charge is 2.21. The maximum absolute atomic E-state index is 4.61. The van der Waals surface area contributed by atoms with Gasteiger partial charge in [-0.1, -0.05) is 6.92 Å². The molecule has 0 aromatic carbocycles. The molecule has 0 unspecified atom stereocenters. The minimum Gasteiger partial charge on any atom is -0.362 e. The summed E-state index contributed by atoms with van der Waals surface area (Å²) in [5.74, 6) is 1.70. The Balaban J connectivity index is 1.94. The van der Waals surface area contributed by atoms with Crippen molar-refractivity contribution in [1.82, 2.24) is 19.8 Å². The van der Waals surface area contributed by atoms with E-state index in [1.165, 1.54) is 0 Å². The lowest BCUT2D eigenvalue weighted by molar-refractivity contribution is 0.114. The number of nitrogens with one attached hydrogen (secondary N) is 1. The monoisotopic (exact) mass is 306 g/mol. The molecule has 6 heteroatoms. The normalized spacial score (nSPS) is 18.2. The standard InChI is InChI=1S/C16H30N6/c1-6-14(22-9-7-21(5)8-10-22)12-18-16-17-11-13(2)15(19-16)20(3)4/h11,14H,6-10,12H2,1-5H3,(H,17,18,19)/t14-/m1/s1. The molecule has 1 saturated heterocycles. The van der Waals surface area contributed by atoms with Crippen LogP contribution in [0.2, 0.25) is 0 Å². The maximum atomic E-state index is 4.61. The van der Waals surface area contributed by atoms with Crippen LogP contribution in [-0.2, 0) is 0 Å². The molecule has 2 rings (SSSR count). The number of likely N-dealkylation sites (N-methyl/N-ethyl adjacent to an activating group) is 1. The molecule has 1 aromatic heterocycles. The molecule has 2 heterocycles. The van der Waals surface area contributed by atoms with Crippen molar-refractivity contribution in [1.29, 1.82) is 0 Å². The van der Waals surface area contributed by atoms with Crippen molar-refractivity contribution in [2.24, 2.45) is 0 Å². The number of aryl methyl sites for hydroxylation is 1. The largest absolute Gasteiger partial charge is 0.362 e. The van der Waals surface area contributed by atoms with Crippen molar-refractivity contribution in [3.05, 3.63) is 11.8 Å². The molecular weight excluding hydrogens is 276 g/mol. The predicted molar refractivity (Wildman–Crippen MR) is 92.7 cm³/mol. The number of aromatic nitrogens is 2. The summed E-state index contributed by atoms with van der Waals surface area (Å²) in [4.78, 5) is 16.0. The van der Waals surface area contributed by atoms with Crippen molar-refractivity contribution in [2.75, 3.05) is 64.1 Å². The SMILES string of the molecule is CC[C@H](CNc1ncc(C)c(N(C)C)n1)N1CCN(C)CC1. The molecule has 6 nitrogen and oxygen atoms in total. The van der Waals surface area contributed by atoms with Crippen molar-refractivity contribution in [3.63, 3.8) is 0 Å². The molecule has 0 aliphatic carbocycles. The van der Waals surface area contributed by atoms with Crippen LogP contribution in [0.25, 0.3) is 0 Å². The fourth-order valence-electron chi connectivity index (χ4n) is 2.90.